The second-order valence-electron chi connectivity index (χ2n) is 10.1. The largest absolute Gasteiger partial charge is 0.411 e. The van der Waals surface area contributed by atoms with Gasteiger partial charge in [-0.1, -0.05) is 20.8 Å². The fourth-order valence-electron chi connectivity index (χ4n) is 3.27. The molecule has 2 saturated heterocycles. The first kappa shape index (κ1) is 26.5. The molecular weight excluding hydrogens is 442 g/mol. The molecule has 2 atom stereocenters. The van der Waals surface area contributed by atoms with Crippen LogP contribution in [0.3, 0.4) is 0 Å². The van der Waals surface area contributed by atoms with E-state index in [9.17, 15) is 0 Å². The molecule has 1 aromatic rings. The lowest BCUT2D eigenvalue weighted by Crippen LogP contribution is -2.45. The Morgan fingerprint density at radius 1 is 1.06 bits per heavy atom. The normalized spacial score (nSPS) is 22.5. The zero-order valence-electron chi connectivity index (χ0n) is 20.9. The van der Waals surface area contributed by atoms with Gasteiger partial charge in [0.25, 0.3) is 0 Å². The zero-order valence-corrected chi connectivity index (χ0v) is 21.9. The van der Waals surface area contributed by atoms with Crippen molar-refractivity contribution < 1.29 is 28.1 Å². The van der Waals surface area contributed by atoms with Gasteiger partial charge < -0.3 is 33.0 Å². The van der Waals surface area contributed by atoms with E-state index in [0.29, 0.717) is 66.0 Å². The van der Waals surface area contributed by atoms with Gasteiger partial charge >= 0.3 is 0 Å². The molecule has 0 spiro atoms. The highest BCUT2D eigenvalue weighted by molar-refractivity contribution is 6.74. The van der Waals surface area contributed by atoms with E-state index in [1.807, 2.05) is 12.3 Å². The lowest BCUT2D eigenvalue weighted by Gasteiger charge is -2.36. The molecule has 9 nitrogen and oxygen atoms in total. The monoisotopic (exact) mass is 483 g/mol. The Hall–Kier alpha value is -1.14. The van der Waals surface area contributed by atoms with Gasteiger partial charge in [-0.05, 0) is 24.2 Å². The molecule has 188 valence electrons. The van der Waals surface area contributed by atoms with Crippen molar-refractivity contribution >= 4 is 14.3 Å². The molecule has 2 aliphatic heterocycles. The lowest BCUT2D eigenvalue weighted by atomic mass is 10.2. The summed E-state index contributed by atoms with van der Waals surface area (Å²) in [5, 5.41) is 0.170. The van der Waals surface area contributed by atoms with Gasteiger partial charge in [0.2, 0.25) is 5.95 Å². The molecule has 0 radical (unpaired) electrons. The summed E-state index contributed by atoms with van der Waals surface area (Å²) in [5.41, 5.74) is 0.911. The summed E-state index contributed by atoms with van der Waals surface area (Å²) in [4.78, 5) is 11.4. The number of aromatic nitrogens is 2. The first-order valence-electron chi connectivity index (χ1n) is 11.9. The van der Waals surface area contributed by atoms with Crippen LogP contribution in [-0.4, -0.2) is 96.4 Å². The van der Waals surface area contributed by atoms with Crippen LogP contribution in [0, 0.1) is 0 Å². The van der Waals surface area contributed by atoms with Gasteiger partial charge in [-0.2, -0.15) is 0 Å². The van der Waals surface area contributed by atoms with Crippen LogP contribution in [0.25, 0.3) is 0 Å². The van der Waals surface area contributed by atoms with Crippen LogP contribution in [0.1, 0.15) is 26.5 Å². The minimum Gasteiger partial charge on any atom is -0.411 e. The second kappa shape index (κ2) is 12.5. The average Bonchev–Trinajstić information content (AvgIpc) is 2.80. The smallest absolute Gasteiger partial charge is 0.225 e. The molecule has 0 N–H and O–H groups in total. The van der Waals surface area contributed by atoms with Crippen LogP contribution in [0.4, 0.5) is 5.95 Å². The van der Waals surface area contributed by atoms with Crippen molar-refractivity contribution in [2.75, 3.05) is 70.8 Å². The molecular formula is C23H41N3O6Si. The van der Waals surface area contributed by atoms with Gasteiger partial charge in [0.1, 0.15) is 6.10 Å². The fourth-order valence-corrected chi connectivity index (χ4v) is 4.21. The van der Waals surface area contributed by atoms with Gasteiger partial charge in [0, 0.05) is 19.3 Å². The van der Waals surface area contributed by atoms with Crippen LogP contribution in [0.15, 0.2) is 12.3 Å². The maximum absolute atomic E-state index is 6.33. The standard InChI is InChI=1S/C23H41N3O6Si/c1-23(2,3)33(4,5)32-15-19-6-7-24-22(25-19)26-8-9-30-20(14-26)16-27-10-11-28-17-21-18-29-12-13-31-21/h6-7,20-21H,8-18H2,1-5H3/t20-,21?/m0/s1. The third-order valence-electron chi connectivity index (χ3n) is 6.37. The Morgan fingerprint density at radius 2 is 1.79 bits per heavy atom. The molecule has 2 aliphatic rings. The summed E-state index contributed by atoms with van der Waals surface area (Å²) in [6.45, 7) is 17.8. The first-order valence-corrected chi connectivity index (χ1v) is 14.8. The summed E-state index contributed by atoms with van der Waals surface area (Å²) < 4.78 is 34.5. The van der Waals surface area contributed by atoms with Crippen LogP contribution >= 0.6 is 0 Å². The highest BCUT2D eigenvalue weighted by atomic mass is 28.4. The summed E-state index contributed by atoms with van der Waals surface area (Å²) in [7, 11) is -1.82. The number of nitrogens with zero attached hydrogens (tertiary/aromatic N) is 3. The number of ether oxygens (including phenoxy) is 5. The predicted molar refractivity (Wildman–Crippen MR) is 128 cm³/mol. The van der Waals surface area contributed by atoms with Crippen LogP contribution in [0.2, 0.25) is 18.1 Å². The van der Waals surface area contributed by atoms with Gasteiger partial charge in [0.15, 0.2) is 8.32 Å². The maximum atomic E-state index is 6.33. The number of anilines is 1. The molecule has 0 amide bonds. The molecule has 3 heterocycles. The van der Waals surface area contributed by atoms with E-state index >= 15 is 0 Å². The van der Waals surface area contributed by atoms with E-state index in [0.717, 1.165) is 18.2 Å². The Labute approximate surface area is 199 Å². The van der Waals surface area contributed by atoms with Crippen LogP contribution < -0.4 is 4.90 Å². The van der Waals surface area contributed by atoms with Crippen LogP contribution in [0.5, 0.6) is 0 Å². The molecule has 1 unspecified atom stereocenters. The minimum atomic E-state index is -1.82. The van der Waals surface area contributed by atoms with Crippen molar-refractivity contribution in [3.8, 4) is 0 Å². The van der Waals surface area contributed by atoms with Gasteiger partial charge in [-0.15, -0.1) is 0 Å². The van der Waals surface area contributed by atoms with Gasteiger partial charge in [-0.25, -0.2) is 9.97 Å². The average molecular weight is 484 g/mol. The van der Waals surface area contributed by atoms with Crippen molar-refractivity contribution in [3.05, 3.63) is 18.0 Å². The fraction of sp³-hybridized carbons (Fsp3) is 0.826. The summed E-state index contributed by atoms with van der Waals surface area (Å²) in [6, 6.07) is 1.93. The van der Waals surface area contributed by atoms with E-state index in [4.69, 9.17) is 33.1 Å². The van der Waals surface area contributed by atoms with E-state index in [2.05, 4.69) is 43.7 Å². The van der Waals surface area contributed by atoms with E-state index < -0.39 is 8.32 Å². The highest BCUT2D eigenvalue weighted by Gasteiger charge is 2.37. The molecule has 10 heteroatoms. The SMILES string of the molecule is CC(C)(C)[Si](C)(C)OCc1ccnc(N2CCO[C@H](COCCOCC3COCCO3)C2)n1. The Morgan fingerprint density at radius 3 is 2.48 bits per heavy atom. The highest BCUT2D eigenvalue weighted by Crippen LogP contribution is 2.37. The van der Waals surface area contributed by atoms with Gasteiger partial charge in [-0.3, -0.25) is 0 Å². The number of morpholine rings is 1. The summed E-state index contributed by atoms with van der Waals surface area (Å²) in [6.07, 6.45) is 1.81. The molecule has 3 rings (SSSR count). The molecule has 33 heavy (non-hydrogen) atoms. The zero-order chi connectivity index (χ0) is 23.7. The quantitative estimate of drug-likeness (QED) is 0.348. The van der Waals surface area contributed by atoms with Gasteiger partial charge in [0.05, 0.1) is 71.3 Å². The van der Waals surface area contributed by atoms with E-state index in [-0.39, 0.29) is 17.2 Å². The Bertz CT molecular complexity index is 712. The maximum Gasteiger partial charge on any atom is 0.225 e. The third kappa shape index (κ3) is 8.54. The van der Waals surface area contributed by atoms with Crippen molar-refractivity contribution in [2.24, 2.45) is 0 Å². The number of rotatable bonds is 11. The summed E-state index contributed by atoms with van der Waals surface area (Å²) >= 11 is 0. The number of hydrogen-bond donors (Lipinski definition) is 0. The molecule has 0 saturated carbocycles. The third-order valence-corrected chi connectivity index (χ3v) is 10.9. The molecule has 0 bridgehead atoms. The van der Waals surface area contributed by atoms with Crippen molar-refractivity contribution in [1.29, 1.82) is 0 Å². The van der Waals surface area contributed by atoms with Crippen LogP contribution in [-0.2, 0) is 34.7 Å². The molecule has 0 aliphatic carbocycles. The number of hydrogen-bond acceptors (Lipinski definition) is 9. The summed E-state index contributed by atoms with van der Waals surface area (Å²) in [5.74, 6) is 0.720. The second-order valence-corrected chi connectivity index (χ2v) is 14.9. The van der Waals surface area contributed by atoms with E-state index in [1.165, 1.54) is 0 Å². The minimum absolute atomic E-state index is 0.0236. The van der Waals surface area contributed by atoms with Crippen molar-refractivity contribution in [3.63, 3.8) is 0 Å². The van der Waals surface area contributed by atoms with Crippen molar-refractivity contribution in [2.45, 2.75) is 57.7 Å². The molecule has 0 aromatic carbocycles. The Balaban J connectivity index is 1.38. The molecule has 2 fully saturated rings. The first-order chi connectivity index (χ1) is 15.7. The predicted octanol–water partition coefficient (Wildman–Crippen LogP) is 2.65. The van der Waals surface area contributed by atoms with Crippen molar-refractivity contribution in [1.82, 2.24) is 9.97 Å². The lowest BCUT2D eigenvalue weighted by molar-refractivity contribution is -0.119. The topological polar surface area (TPSA) is 84.4 Å². The Kier molecular flexibility index (Phi) is 10.0. The molecule has 1 aromatic heterocycles. The van der Waals surface area contributed by atoms with E-state index in [1.54, 1.807) is 0 Å².